The molecule has 0 spiro atoms. The van der Waals surface area contributed by atoms with Gasteiger partial charge in [-0.2, -0.15) is 0 Å². The van der Waals surface area contributed by atoms with E-state index >= 15 is 0 Å². The van der Waals surface area contributed by atoms with Gasteiger partial charge in [-0.05, 0) is 50.5 Å². The Balaban J connectivity index is 2.20. The van der Waals surface area contributed by atoms with E-state index in [4.69, 9.17) is 0 Å². The van der Waals surface area contributed by atoms with E-state index in [1.807, 2.05) is 0 Å². The molecule has 19 heavy (non-hydrogen) atoms. The van der Waals surface area contributed by atoms with Crippen molar-refractivity contribution < 1.29 is 14.0 Å². The van der Waals surface area contributed by atoms with Crippen LogP contribution in [0, 0.1) is 12.7 Å². The van der Waals surface area contributed by atoms with E-state index < -0.39 is 5.82 Å². The van der Waals surface area contributed by atoms with Crippen molar-refractivity contribution in [1.82, 2.24) is 4.90 Å². The molecule has 0 N–H and O–H groups in total. The molecule has 1 aliphatic rings. The first-order valence-electron chi connectivity index (χ1n) is 6.55. The van der Waals surface area contributed by atoms with Crippen LogP contribution >= 0.6 is 0 Å². The minimum absolute atomic E-state index is 0.0337. The molecular formula is C15H18FNO2. The molecule has 1 aliphatic heterocycles. The van der Waals surface area contributed by atoms with E-state index in [0.29, 0.717) is 18.5 Å². The van der Waals surface area contributed by atoms with Crippen molar-refractivity contribution in [3.63, 3.8) is 0 Å². The molecule has 1 unspecified atom stereocenters. The molecule has 1 atom stereocenters. The maximum absolute atomic E-state index is 13.4. The molecular weight excluding hydrogens is 245 g/mol. The molecule has 3 nitrogen and oxygen atoms in total. The number of likely N-dealkylation sites (tertiary alicyclic amines) is 1. The molecule has 1 amide bonds. The highest BCUT2D eigenvalue weighted by Crippen LogP contribution is 2.23. The summed E-state index contributed by atoms with van der Waals surface area (Å²) in [6.07, 6.45) is 2.14. The van der Waals surface area contributed by atoms with E-state index in [0.717, 1.165) is 18.4 Å². The van der Waals surface area contributed by atoms with Crippen LogP contribution in [0.25, 0.3) is 0 Å². The Hall–Kier alpha value is -1.71. The molecule has 2 rings (SSSR count). The fraction of sp³-hybridized carbons (Fsp3) is 0.467. The van der Waals surface area contributed by atoms with Gasteiger partial charge in [0.05, 0.1) is 0 Å². The summed E-state index contributed by atoms with van der Waals surface area (Å²) >= 11 is 0. The normalized spacial score (nSPS) is 18.7. The van der Waals surface area contributed by atoms with Gasteiger partial charge < -0.3 is 4.90 Å². The Bertz CT molecular complexity index is 493. The Morgan fingerprint density at radius 3 is 2.74 bits per heavy atom. The fourth-order valence-corrected chi connectivity index (χ4v) is 2.67. The molecule has 4 heteroatoms. The minimum Gasteiger partial charge on any atom is -0.335 e. The smallest absolute Gasteiger partial charge is 0.254 e. The van der Waals surface area contributed by atoms with Crippen molar-refractivity contribution in [3.8, 4) is 0 Å². The predicted octanol–water partition coefficient (Wildman–Crippen LogP) is 2.72. The van der Waals surface area contributed by atoms with Crippen LogP contribution in [-0.4, -0.2) is 29.2 Å². The van der Waals surface area contributed by atoms with Gasteiger partial charge in [-0.1, -0.05) is 0 Å². The molecule has 1 aromatic carbocycles. The lowest BCUT2D eigenvalue weighted by atomic mass is 10.1. The third kappa shape index (κ3) is 3.19. The van der Waals surface area contributed by atoms with Crippen LogP contribution in [0.5, 0.6) is 0 Å². The summed E-state index contributed by atoms with van der Waals surface area (Å²) in [4.78, 5) is 25.3. The summed E-state index contributed by atoms with van der Waals surface area (Å²) in [5, 5.41) is 0. The van der Waals surface area contributed by atoms with Crippen LogP contribution in [-0.2, 0) is 4.79 Å². The van der Waals surface area contributed by atoms with Gasteiger partial charge in [0, 0.05) is 24.6 Å². The summed E-state index contributed by atoms with van der Waals surface area (Å²) < 4.78 is 13.4. The standard InChI is InChI=1S/C15H18FNO2/c1-10-6-12(9-13(16)7-10)15(19)17-5-3-4-14(17)8-11(2)18/h6-7,9,14H,3-5,8H2,1-2H3. The largest absolute Gasteiger partial charge is 0.335 e. The molecule has 1 saturated heterocycles. The van der Waals surface area contributed by atoms with Gasteiger partial charge in [0.25, 0.3) is 5.91 Å². The minimum atomic E-state index is -0.398. The number of nitrogens with zero attached hydrogens (tertiary/aromatic N) is 1. The van der Waals surface area contributed by atoms with Gasteiger partial charge in [-0.3, -0.25) is 9.59 Å². The van der Waals surface area contributed by atoms with Crippen molar-refractivity contribution in [2.45, 2.75) is 39.2 Å². The average Bonchev–Trinajstić information content (AvgIpc) is 2.73. The van der Waals surface area contributed by atoms with E-state index in [2.05, 4.69) is 0 Å². The average molecular weight is 263 g/mol. The Labute approximate surface area is 112 Å². The molecule has 0 aliphatic carbocycles. The lowest BCUT2D eigenvalue weighted by molar-refractivity contribution is -0.117. The SMILES string of the molecule is CC(=O)CC1CCCN1C(=O)c1cc(C)cc(F)c1. The van der Waals surface area contributed by atoms with Crippen LogP contribution in [0.2, 0.25) is 0 Å². The van der Waals surface area contributed by atoms with Crippen LogP contribution < -0.4 is 0 Å². The topological polar surface area (TPSA) is 37.4 Å². The predicted molar refractivity (Wildman–Crippen MR) is 70.5 cm³/mol. The number of aryl methyl sites for hydroxylation is 1. The third-order valence-corrected chi connectivity index (χ3v) is 3.45. The number of hydrogen-bond donors (Lipinski definition) is 0. The van der Waals surface area contributed by atoms with Crippen LogP contribution in [0.15, 0.2) is 18.2 Å². The highest BCUT2D eigenvalue weighted by molar-refractivity contribution is 5.95. The molecule has 102 valence electrons. The van der Waals surface area contributed by atoms with Crippen molar-refractivity contribution in [1.29, 1.82) is 0 Å². The Morgan fingerprint density at radius 1 is 1.37 bits per heavy atom. The van der Waals surface area contributed by atoms with E-state index in [1.165, 1.54) is 19.1 Å². The lowest BCUT2D eigenvalue weighted by Gasteiger charge is -2.24. The second kappa shape index (κ2) is 5.51. The van der Waals surface area contributed by atoms with Crippen molar-refractivity contribution >= 4 is 11.7 Å². The summed E-state index contributed by atoms with van der Waals surface area (Å²) in [6, 6.07) is 4.31. The summed E-state index contributed by atoms with van der Waals surface area (Å²) in [6.45, 7) is 3.94. The number of halogens is 1. The van der Waals surface area contributed by atoms with Gasteiger partial charge in [-0.15, -0.1) is 0 Å². The first-order valence-corrected chi connectivity index (χ1v) is 6.55. The van der Waals surface area contributed by atoms with Gasteiger partial charge in [-0.25, -0.2) is 4.39 Å². The van der Waals surface area contributed by atoms with Gasteiger partial charge in [0.15, 0.2) is 0 Å². The quantitative estimate of drug-likeness (QED) is 0.841. The second-order valence-corrected chi connectivity index (χ2v) is 5.22. The van der Waals surface area contributed by atoms with Crippen LogP contribution in [0.4, 0.5) is 4.39 Å². The zero-order valence-corrected chi connectivity index (χ0v) is 11.3. The number of carbonyl (C=O) groups is 2. The van der Waals surface area contributed by atoms with Crippen molar-refractivity contribution in [2.75, 3.05) is 6.54 Å². The summed E-state index contributed by atoms with van der Waals surface area (Å²) in [5.41, 5.74) is 1.10. The van der Waals surface area contributed by atoms with Gasteiger partial charge >= 0.3 is 0 Å². The second-order valence-electron chi connectivity index (χ2n) is 5.22. The number of amides is 1. The zero-order chi connectivity index (χ0) is 14.0. The first-order chi connectivity index (χ1) is 8.97. The third-order valence-electron chi connectivity index (χ3n) is 3.45. The number of rotatable bonds is 3. The van der Waals surface area contributed by atoms with E-state index in [1.54, 1.807) is 17.9 Å². The molecule has 0 aromatic heterocycles. The molecule has 0 radical (unpaired) electrons. The Kier molecular flexibility index (Phi) is 3.98. The monoisotopic (exact) mass is 263 g/mol. The van der Waals surface area contributed by atoms with Crippen molar-refractivity contribution in [2.24, 2.45) is 0 Å². The number of Topliss-reactive ketones (excluding diaryl/α,β-unsaturated/α-hetero) is 1. The highest BCUT2D eigenvalue weighted by Gasteiger charge is 2.30. The van der Waals surface area contributed by atoms with Crippen LogP contribution in [0.1, 0.15) is 42.1 Å². The zero-order valence-electron chi connectivity index (χ0n) is 11.3. The first kappa shape index (κ1) is 13.7. The number of hydrogen-bond acceptors (Lipinski definition) is 2. The number of carbonyl (C=O) groups excluding carboxylic acids is 2. The van der Waals surface area contributed by atoms with Crippen LogP contribution in [0.3, 0.4) is 0 Å². The van der Waals surface area contributed by atoms with Gasteiger partial charge in [0.1, 0.15) is 11.6 Å². The number of ketones is 1. The maximum Gasteiger partial charge on any atom is 0.254 e. The number of benzene rings is 1. The molecule has 1 heterocycles. The van der Waals surface area contributed by atoms with E-state index in [-0.39, 0.29) is 17.7 Å². The fourth-order valence-electron chi connectivity index (χ4n) is 2.67. The molecule has 1 aromatic rings. The summed E-state index contributed by atoms with van der Waals surface area (Å²) in [5.74, 6) is -0.489. The van der Waals surface area contributed by atoms with E-state index in [9.17, 15) is 14.0 Å². The molecule has 0 saturated carbocycles. The van der Waals surface area contributed by atoms with Crippen molar-refractivity contribution in [3.05, 3.63) is 35.1 Å². The highest BCUT2D eigenvalue weighted by atomic mass is 19.1. The molecule has 0 bridgehead atoms. The Morgan fingerprint density at radius 2 is 2.11 bits per heavy atom. The van der Waals surface area contributed by atoms with Gasteiger partial charge in [0.2, 0.25) is 0 Å². The summed E-state index contributed by atoms with van der Waals surface area (Å²) in [7, 11) is 0. The maximum atomic E-state index is 13.4. The lowest BCUT2D eigenvalue weighted by Crippen LogP contribution is -2.36. The molecule has 1 fully saturated rings.